The molecule has 0 bridgehead atoms. The number of benzene rings is 4. The second-order valence-corrected chi connectivity index (χ2v) is 11.5. The topological polar surface area (TPSA) is 0 Å². The smallest absolute Gasteiger partial charge is 0.0232 e. The Morgan fingerprint density at radius 2 is 0.667 bits per heavy atom. The standard InChI is InChI=1S/C33H30S3/c1-4-25-7-13-28(14-8-25)22-34-31-19-32(35-23-29-15-9-26(5-2)10-16-29)21-33(20-31)36-24-30-17-11-27(6-3)12-18-30/h4-21H,1-3,22-24H2. The molecular formula is C33H30S3. The summed E-state index contributed by atoms with van der Waals surface area (Å²) in [5.41, 5.74) is 7.43. The fourth-order valence-corrected chi connectivity index (χ4v) is 6.61. The molecule has 36 heavy (non-hydrogen) atoms. The maximum Gasteiger partial charge on any atom is 0.0232 e. The van der Waals surface area contributed by atoms with Gasteiger partial charge in [0.25, 0.3) is 0 Å². The first-order valence-electron chi connectivity index (χ1n) is 11.8. The summed E-state index contributed by atoms with van der Waals surface area (Å²) in [7, 11) is 0. The van der Waals surface area contributed by atoms with Crippen LogP contribution < -0.4 is 0 Å². The van der Waals surface area contributed by atoms with Gasteiger partial charge in [0.15, 0.2) is 0 Å². The quantitative estimate of drug-likeness (QED) is 0.170. The Morgan fingerprint density at radius 3 is 0.889 bits per heavy atom. The van der Waals surface area contributed by atoms with Crippen LogP contribution >= 0.6 is 35.3 Å². The van der Waals surface area contributed by atoms with Crippen LogP contribution in [0.4, 0.5) is 0 Å². The Bertz CT molecular complexity index is 1120. The van der Waals surface area contributed by atoms with Crippen LogP contribution in [0.25, 0.3) is 18.2 Å². The highest BCUT2D eigenvalue weighted by Crippen LogP contribution is 2.35. The Morgan fingerprint density at radius 1 is 0.417 bits per heavy atom. The first kappa shape index (κ1) is 26.2. The zero-order valence-corrected chi connectivity index (χ0v) is 22.8. The number of rotatable bonds is 12. The van der Waals surface area contributed by atoms with E-state index in [4.69, 9.17) is 0 Å². The Hall–Kier alpha value is -2.85. The fourth-order valence-electron chi connectivity index (χ4n) is 3.55. The van der Waals surface area contributed by atoms with Crippen molar-refractivity contribution in [3.05, 3.63) is 144 Å². The Balaban J connectivity index is 1.48. The molecule has 0 aliphatic rings. The van der Waals surface area contributed by atoms with Gasteiger partial charge in [-0.25, -0.2) is 0 Å². The number of hydrogen-bond donors (Lipinski definition) is 0. The van der Waals surface area contributed by atoms with Crippen LogP contribution in [-0.2, 0) is 17.3 Å². The van der Waals surface area contributed by atoms with E-state index in [-0.39, 0.29) is 0 Å². The van der Waals surface area contributed by atoms with E-state index < -0.39 is 0 Å². The van der Waals surface area contributed by atoms with Gasteiger partial charge < -0.3 is 0 Å². The van der Waals surface area contributed by atoms with E-state index >= 15 is 0 Å². The molecule has 0 unspecified atom stereocenters. The molecule has 180 valence electrons. The summed E-state index contributed by atoms with van der Waals surface area (Å²) in [4.78, 5) is 3.91. The first-order chi connectivity index (χ1) is 17.6. The summed E-state index contributed by atoms with van der Waals surface area (Å²) in [5.74, 6) is 2.84. The molecule has 0 aliphatic carbocycles. The molecule has 0 nitrogen and oxygen atoms in total. The van der Waals surface area contributed by atoms with Crippen LogP contribution in [0.15, 0.2) is 125 Å². The third-order valence-electron chi connectivity index (χ3n) is 5.72. The summed E-state index contributed by atoms with van der Waals surface area (Å²) < 4.78 is 0. The summed E-state index contributed by atoms with van der Waals surface area (Å²) in [6.07, 6.45) is 5.66. The minimum Gasteiger partial charge on any atom is -0.121 e. The van der Waals surface area contributed by atoms with E-state index in [2.05, 4.69) is 111 Å². The van der Waals surface area contributed by atoms with Gasteiger partial charge in [-0.05, 0) is 51.6 Å². The second-order valence-electron chi connectivity index (χ2n) is 8.34. The summed E-state index contributed by atoms with van der Waals surface area (Å²) >= 11 is 5.68. The maximum absolute atomic E-state index is 3.85. The first-order valence-corrected chi connectivity index (χ1v) is 14.8. The van der Waals surface area contributed by atoms with Crippen molar-refractivity contribution in [2.24, 2.45) is 0 Å². The lowest BCUT2D eigenvalue weighted by Gasteiger charge is -2.11. The molecule has 4 rings (SSSR count). The van der Waals surface area contributed by atoms with Crippen molar-refractivity contribution in [1.29, 1.82) is 0 Å². The molecule has 3 heteroatoms. The minimum atomic E-state index is 0.946. The number of thioether (sulfide) groups is 3. The van der Waals surface area contributed by atoms with Gasteiger partial charge in [0.05, 0.1) is 0 Å². The average molecular weight is 523 g/mol. The van der Waals surface area contributed by atoms with Crippen molar-refractivity contribution in [2.75, 3.05) is 0 Å². The van der Waals surface area contributed by atoms with Crippen LogP contribution in [0.1, 0.15) is 33.4 Å². The lowest BCUT2D eigenvalue weighted by atomic mass is 10.1. The van der Waals surface area contributed by atoms with Crippen LogP contribution in [0.5, 0.6) is 0 Å². The molecule has 0 spiro atoms. The largest absolute Gasteiger partial charge is 0.121 e. The third-order valence-corrected chi connectivity index (χ3v) is 8.86. The van der Waals surface area contributed by atoms with E-state index in [1.807, 2.05) is 53.5 Å². The fraction of sp³-hybridized carbons (Fsp3) is 0.0909. The van der Waals surface area contributed by atoms with Crippen molar-refractivity contribution >= 4 is 53.5 Å². The molecule has 0 heterocycles. The average Bonchev–Trinajstić information content (AvgIpc) is 2.94. The molecular weight excluding hydrogens is 493 g/mol. The molecule has 0 aromatic heterocycles. The van der Waals surface area contributed by atoms with Crippen molar-refractivity contribution in [3.8, 4) is 0 Å². The van der Waals surface area contributed by atoms with E-state index in [0.717, 1.165) is 33.9 Å². The highest BCUT2D eigenvalue weighted by Gasteiger charge is 2.06. The van der Waals surface area contributed by atoms with E-state index in [1.165, 1.54) is 31.4 Å². The monoisotopic (exact) mass is 522 g/mol. The Kier molecular flexibility index (Phi) is 9.80. The van der Waals surface area contributed by atoms with Crippen LogP contribution in [-0.4, -0.2) is 0 Å². The van der Waals surface area contributed by atoms with Crippen molar-refractivity contribution < 1.29 is 0 Å². The summed E-state index contributed by atoms with van der Waals surface area (Å²) in [5, 5.41) is 0. The van der Waals surface area contributed by atoms with Crippen molar-refractivity contribution in [3.63, 3.8) is 0 Å². The van der Waals surface area contributed by atoms with Crippen molar-refractivity contribution in [1.82, 2.24) is 0 Å². The van der Waals surface area contributed by atoms with Crippen molar-refractivity contribution in [2.45, 2.75) is 31.9 Å². The third kappa shape index (κ3) is 7.83. The molecule has 0 aliphatic heterocycles. The van der Waals surface area contributed by atoms with E-state index in [0.29, 0.717) is 0 Å². The molecule has 0 saturated heterocycles. The van der Waals surface area contributed by atoms with E-state index in [1.54, 1.807) is 0 Å². The van der Waals surface area contributed by atoms with Gasteiger partial charge in [-0.2, -0.15) is 0 Å². The predicted octanol–water partition coefficient (Wildman–Crippen LogP) is 10.5. The maximum atomic E-state index is 3.85. The van der Waals surface area contributed by atoms with Crippen LogP contribution in [0.3, 0.4) is 0 Å². The van der Waals surface area contributed by atoms with Gasteiger partial charge in [-0.15, -0.1) is 35.3 Å². The summed E-state index contributed by atoms with van der Waals surface area (Å²) in [6, 6.07) is 32.9. The lowest BCUT2D eigenvalue weighted by molar-refractivity contribution is 1.21. The Labute approximate surface area is 228 Å². The lowest BCUT2D eigenvalue weighted by Crippen LogP contribution is -1.86. The SMILES string of the molecule is C=Cc1ccc(CSc2cc(SCc3ccc(C=C)cc3)cc(SCc3ccc(C=C)cc3)c2)cc1. The highest BCUT2D eigenvalue weighted by atomic mass is 32.2. The van der Waals surface area contributed by atoms with Gasteiger partial charge in [-0.1, -0.05) is 111 Å². The second kappa shape index (κ2) is 13.5. The normalized spacial score (nSPS) is 10.7. The molecule has 0 saturated carbocycles. The van der Waals surface area contributed by atoms with Gasteiger partial charge in [-0.3, -0.25) is 0 Å². The molecule has 0 atom stereocenters. The van der Waals surface area contributed by atoms with Gasteiger partial charge in [0.2, 0.25) is 0 Å². The minimum absolute atomic E-state index is 0.946. The van der Waals surface area contributed by atoms with Gasteiger partial charge >= 0.3 is 0 Å². The molecule has 4 aromatic rings. The highest BCUT2D eigenvalue weighted by molar-refractivity contribution is 8.00. The zero-order valence-electron chi connectivity index (χ0n) is 20.4. The van der Waals surface area contributed by atoms with Gasteiger partial charge in [0, 0.05) is 31.9 Å². The predicted molar refractivity (Wildman–Crippen MR) is 165 cm³/mol. The van der Waals surface area contributed by atoms with E-state index in [9.17, 15) is 0 Å². The molecule has 0 N–H and O–H groups in total. The van der Waals surface area contributed by atoms with Gasteiger partial charge in [0.1, 0.15) is 0 Å². The van der Waals surface area contributed by atoms with Crippen LogP contribution in [0, 0.1) is 0 Å². The van der Waals surface area contributed by atoms with Crippen LogP contribution in [0.2, 0.25) is 0 Å². The molecule has 0 amide bonds. The number of hydrogen-bond acceptors (Lipinski definition) is 3. The molecule has 4 aromatic carbocycles. The molecule has 0 fully saturated rings. The molecule has 0 radical (unpaired) electrons. The zero-order chi connectivity index (χ0) is 25.2. The summed E-state index contributed by atoms with van der Waals surface area (Å²) in [6.45, 7) is 11.6.